The largest absolute Gasteiger partial charge is 0.506 e. The molecule has 1 aromatic carbocycles. The summed E-state index contributed by atoms with van der Waals surface area (Å²) in [6.45, 7) is 3.18. The van der Waals surface area contributed by atoms with Crippen LogP contribution < -0.4 is 4.72 Å². The third-order valence-corrected chi connectivity index (χ3v) is 4.39. The fraction of sp³-hybridized carbons (Fsp3) is 0.182. The molecule has 0 bridgehead atoms. The summed E-state index contributed by atoms with van der Waals surface area (Å²) in [5, 5.41) is 16.4. The van der Waals surface area contributed by atoms with Crippen LogP contribution in [0.1, 0.15) is 11.4 Å². The first-order chi connectivity index (χ1) is 8.81. The molecule has 0 unspecified atom stereocenters. The fourth-order valence-electron chi connectivity index (χ4n) is 1.72. The number of aromatic nitrogens is 2. The molecular formula is C11H12ClN3O3S. The van der Waals surface area contributed by atoms with Crippen molar-refractivity contribution < 1.29 is 13.5 Å². The Hall–Kier alpha value is -1.73. The quantitative estimate of drug-likeness (QED) is 0.757. The predicted molar refractivity (Wildman–Crippen MR) is 72.0 cm³/mol. The zero-order valence-electron chi connectivity index (χ0n) is 10.2. The van der Waals surface area contributed by atoms with Gasteiger partial charge in [0.25, 0.3) is 10.0 Å². The van der Waals surface area contributed by atoms with Crippen LogP contribution in [0.3, 0.4) is 0 Å². The molecule has 0 amide bonds. The van der Waals surface area contributed by atoms with E-state index in [0.717, 1.165) is 0 Å². The van der Waals surface area contributed by atoms with Gasteiger partial charge in [0.05, 0.1) is 17.1 Å². The monoisotopic (exact) mass is 301 g/mol. The Morgan fingerprint density at radius 2 is 2.05 bits per heavy atom. The van der Waals surface area contributed by atoms with Gasteiger partial charge in [-0.15, -0.1) is 0 Å². The molecule has 19 heavy (non-hydrogen) atoms. The van der Waals surface area contributed by atoms with E-state index in [1.807, 2.05) is 0 Å². The number of aromatic amines is 1. The maximum absolute atomic E-state index is 12.2. The zero-order chi connectivity index (χ0) is 14.2. The van der Waals surface area contributed by atoms with Gasteiger partial charge in [-0.05, 0) is 32.0 Å². The van der Waals surface area contributed by atoms with Crippen molar-refractivity contribution in [3.8, 4) is 5.75 Å². The Morgan fingerprint density at radius 1 is 1.37 bits per heavy atom. The second-order valence-electron chi connectivity index (χ2n) is 4.03. The number of aromatic hydroxyl groups is 1. The number of nitrogens with zero attached hydrogens (tertiary/aromatic N) is 1. The fourth-order valence-corrected chi connectivity index (χ4v) is 3.33. The van der Waals surface area contributed by atoms with Crippen LogP contribution in [0.2, 0.25) is 5.02 Å². The molecule has 102 valence electrons. The van der Waals surface area contributed by atoms with Crippen molar-refractivity contribution in [3.05, 3.63) is 34.6 Å². The number of rotatable bonds is 3. The van der Waals surface area contributed by atoms with Gasteiger partial charge in [0.2, 0.25) is 0 Å². The average Bonchev–Trinajstić information content (AvgIpc) is 2.64. The first-order valence-electron chi connectivity index (χ1n) is 5.34. The van der Waals surface area contributed by atoms with E-state index < -0.39 is 10.0 Å². The van der Waals surface area contributed by atoms with Gasteiger partial charge >= 0.3 is 0 Å². The van der Waals surface area contributed by atoms with E-state index in [-0.39, 0.29) is 16.3 Å². The van der Waals surface area contributed by atoms with Crippen molar-refractivity contribution in [1.29, 1.82) is 0 Å². The summed E-state index contributed by atoms with van der Waals surface area (Å²) in [7, 11) is -3.83. The van der Waals surface area contributed by atoms with Crippen LogP contribution in [0.15, 0.2) is 23.1 Å². The molecule has 0 fully saturated rings. The smallest absolute Gasteiger partial charge is 0.265 e. The molecule has 1 aromatic heterocycles. The maximum atomic E-state index is 12.2. The van der Waals surface area contributed by atoms with Gasteiger partial charge in [0.15, 0.2) is 0 Å². The molecule has 0 saturated carbocycles. The van der Waals surface area contributed by atoms with E-state index in [1.165, 1.54) is 18.2 Å². The number of halogens is 1. The van der Waals surface area contributed by atoms with E-state index in [4.69, 9.17) is 11.6 Å². The summed E-state index contributed by atoms with van der Waals surface area (Å²) in [6.07, 6.45) is 0. The van der Waals surface area contributed by atoms with Gasteiger partial charge < -0.3 is 5.11 Å². The van der Waals surface area contributed by atoms with Crippen molar-refractivity contribution >= 4 is 27.3 Å². The van der Waals surface area contributed by atoms with Crippen LogP contribution in [0.5, 0.6) is 5.75 Å². The zero-order valence-corrected chi connectivity index (χ0v) is 11.8. The molecule has 2 aromatic rings. The lowest BCUT2D eigenvalue weighted by molar-refractivity contribution is 0.477. The number of phenols is 1. The van der Waals surface area contributed by atoms with Crippen molar-refractivity contribution in [3.63, 3.8) is 0 Å². The van der Waals surface area contributed by atoms with Gasteiger partial charge in [0, 0.05) is 5.02 Å². The molecule has 0 spiro atoms. The minimum Gasteiger partial charge on any atom is -0.506 e. The molecule has 2 rings (SSSR count). The molecule has 6 nitrogen and oxygen atoms in total. The molecule has 8 heteroatoms. The highest BCUT2D eigenvalue weighted by Crippen LogP contribution is 2.29. The van der Waals surface area contributed by atoms with E-state index in [1.54, 1.807) is 13.8 Å². The summed E-state index contributed by atoms with van der Waals surface area (Å²) in [5.74, 6) is -0.202. The van der Waals surface area contributed by atoms with Gasteiger partial charge in [0.1, 0.15) is 10.6 Å². The SMILES string of the molecule is Cc1n[nH]c(C)c1S(=O)(=O)Nc1cc(Cl)ccc1O. The van der Waals surface area contributed by atoms with E-state index in [2.05, 4.69) is 14.9 Å². The Bertz CT molecular complexity index is 705. The molecule has 0 saturated heterocycles. The van der Waals surface area contributed by atoms with Crippen LogP contribution in [-0.4, -0.2) is 23.7 Å². The van der Waals surface area contributed by atoms with Crippen molar-refractivity contribution in [2.75, 3.05) is 4.72 Å². The highest BCUT2D eigenvalue weighted by molar-refractivity contribution is 7.92. The topological polar surface area (TPSA) is 95.1 Å². The number of anilines is 1. The van der Waals surface area contributed by atoms with Crippen LogP contribution in [0.4, 0.5) is 5.69 Å². The Labute approximate surface area is 115 Å². The molecule has 0 aliphatic rings. The summed E-state index contributed by atoms with van der Waals surface area (Å²) in [5.41, 5.74) is 0.797. The molecule has 0 atom stereocenters. The van der Waals surface area contributed by atoms with E-state index >= 15 is 0 Å². The second-order valence-corrected chi connectivity index (χ2v) is 6.09. The third kappa shape index (κ3) is 2.66. The lowest BCUT2D eigenvalue weighted by Gasteiger charge is -2.10. The Balaban J connectivity index is 2.45. The highest BCUT2D eigenvalue weighted by Gasteiger charge is 2.23. The highest BCUT2D eigenvalue weighted by atomic mass is 35.5. The second kappa shape index (κ2) is 4.75. The predicted octanol–water partition coefficient (Wildman–Crippen LogP) is 2.19. The number of nitrogens with one attached hydrogen (secondary N) is 2. The first kappa shape index (κ1) is 13.7. The third-order valence-electron chi connectivity index (χ3n) is 2.53. The van der Waals surface area contributed by atoms with E-state index in [9.17, 15) is 13.5 Å². The number of hydrogen-bond acceptors (Lipinski definition) is 4. The Morgan fingerprint density at radius 3 is 2.63 bits per heavy atom. The Kier molecular flexibility index (Phi) is 3.42. The minimum atomic E-state index is -3.83. The van der Waals surface area contributed by atoms with E-state index in [0.29, 0.717) is 16.4 Å². The van der Waals surface area contributed by atoms with Crippen molar-refractivity contribution in [1.82, 2.24) is 10.2 Å². The number of phenolic OH excluding ortho intramolecular Hbond substituents is 1. The standard InChI is InChI=1S/C11H12ClN3O3S/c1-6-11(7(2)14-13-6)19(17,18)15-9-5-8(12)3-4-10(9)16/h3-5,15-16H,1-2H3,(H,13,14). The van der Waals surface area contributed by atoms with Crippen LogP contribution in [-0.2, 0) is 10.0 Å². The first-order valence-corrected chi connectivity index (χ1v) is 7.20. The average molecular weight is 302 g/mol. The molecule has 3 N–H and O–H groups in total. The molecule has 1 heterocycles. The lowest BCUT2D eigenvalue weighted by Crippen LogP contribution is -2.14. The molecule has 0 aliphatic heterocycles. The van der Waals surface area contributed by atoms with Gasteiger partial charge in [-0.25, -0.2) is 8.42 Å². The summed E-state index contributed by atoms with van der Waals surface area (Å²) >= 11 is 5.77. The number of benzene rings is 1. The maximum Gasteiger partial charge on any atom is 0.265 e. The van der Waals surface area contributed by atoms with Gasteiger partial charge in [-0.3, -0.25) is 9.82 Å². The number of H-pyrrole nitrogens is 1. The van der Waals surface area contributed by atoms with Crippen LogP contribution in [0.25, 0.3) is 0 Å². The minimum absolute atomic E-state index is 0.0208. The number of sulfonamides is 1. The molecular weight excluding hydrogens is 290 g/mol. The van der Waals surface area contributed by atoms with Crippen LogP contribution in [0, 0.1) is 13.8 Å². The van der Waals surface area contributed by atoms with Crippen molar-refractivity contribution in [2.45, 2.75) is 18.7 Å². The number of hydrogen-bond donors (Lipinski definition) is 3. The van der Waals surface area contributed by atoms with Gasteiger partial charge in [-0.1, -0.05) is 11.6 Å². The summed E-state index contributed by atoms with van der Waals surface area (Å²) < 4.78 is 26.8. The van der Waals surface area contributed by atoms with Gasteiger partial charge in [-0.2, -0.15) is 5.10 Å². The normalized spacial score (nSPS) is 11.5. The van der Waals surface area contributed by atoms with Crippen molar-refractivity contribution in [2.24, 2.45) is 0 Å². The summed E-state index contributed by atoms with van der Waals surface area (Å²) in [4.78, 5) is 0.0619. The molecule has 0 aliphatic carbocycles. The summed E-state index contributed by atoms with van der Waals surface area (Å²) in [6, 6.07) is 4.11. The number of aryl methyl sites for hydroxylation is 2. The lowest BCUT2D eigenvalue weighted by atomic mass is 10.3. The molecule has 0 radical (unpaired) electrons. The van der Waals surface area contributed by atoms with Crippen LogP contribution >= 0.6 is 11.6 Å².